The number of carbonyl (C=O) groups excluding carboxylic acids is 1. The molecule has 190 valence electrons. The quantitative estimate of drug-likeness (QED) is 0.411. The number of piperidine rings is 1. The number of non-ortho nitro benzene ring substituents is 1. The van der Waals surface area contributed by atoms with Gasteiger partial charge in [-0.15, -0.1) is 12.4 Å². The van der Waals surface area contributed by atoms with E-state index < -0.39 is 4.92 Å². The summed E-state index contributed by atoms with van der Waals surface area (Å²) in [6.45, 7) is 4.17. The summed E-state index contributed by atoms with van der Waals surface area (Å²) >= 11 is 0. The molecular weight excluding hydrogens is 487 g/mol. The monoisotopic (exact) mass is 514 g/mol. The van der Waals surface area contributed by atoms with Crippen LogP contribution in [0.1, 0.15) is 34.8 Å². The number of hydrogen-bond donors (Lipinski definition) is 1. The molecule has 3 heterocycles. The summed E-state index contributed by atoms with van der Waals surface area (Å²) in [6.07, 6.45) is 3.40. The van der Waals surface area contributed by atoms with Crippen molar-refractivity contribution in [3.8, 4) is 5.69 Å². The van der Waals surface area contributed by atoms with Gasteiger partial charge in [0.1, 0.15) is 5.82 Å². The fourth-order valence-electron chi connectivity index (χ4n) is 4.92. The molecule has 36 heavy (non-hydrogen) atoms. The van der Waals surface area contributed by atoms with Gasteiger partial charge in [-0.3, -0.25) is 14.9 Å². The maximum atomic E-state index is 13.6. The molecule has 0 bridgehead atoms. The first-order valence-corrected chi connectivity index (χ1v) is 11.8. The number of nitro groups is 1. The Bertz CT molecular complexity index is 1200. The third kappa shape index (κ3) is 5.19. The Kier molecular flexibility index (Phi) is 7.85. The van der Waals surface area contributed by atoms with Gasteiger partial charge in [-0.25, -0.2) is 9.07 Å². The Morgan fingerprint density at radius 1 is 0.972 bits per heavy atom. The largest absolute Gasteiger partial charge is 0.368 e. The highest BCUT2D eigenvalue weighted by Gasteiger charge is 2.31. The van der Waals surface area contributed by atoms with Crippen LogP contribution in [0.5, 0.6) is 0 Å². The zero-order valence-electron chi connectivity index (χ0n) is 19.7. The number of halogens is 2. The van der Waals surface area contributed by atoms with Crippen molar-refractivity contribution < 1.29 is 14.1 Å². The van der Waals surface area contributed by atoms with Crippen molar-refractivity contribution in [2.75, 3.05) is 44.2 Å². The summed E-state index contributed by atoms with van der Waals surface area (Å²) < 4.78 is 15.0. The van der Waals surface area contributed by atoms with E-state index in [9.17, 15) is 19.3 Å². The molecule has 11 heteroatoms. The lowest BCUT2D eigenvalue weighted by Gasteiger charge is -2.36. The van der Waals surface area contributed by atoms with E-state index >= 15 is 0 Å². The summed E-state index contributed by atoms with van der Waals surface area (Å²) in [6, 6.07) is 12.7. The van der Waals surface area contributed by atoms with Gasteiger partial charge < -0.3 is 15.1 Å². The van der Waals surface area contributed by atoms with Gasteiger partial charge in [0.05, 0.1) is 28.1 Å². The molecule has 2 aromatic carbocycles. The molecule has 0 unspecified atom stereocenters. The zero-order chi connectivity index (χ0) is 24.4. The van der Waals surface area contributed by atoms with Crippen molar-refractivity contribution in [3.05, 3.63) is 81.9 Å². The number of nitrogens with zero attached hydrogens (tertiary/aromatic N) is 5. The van der Waals surface area contributed by atoms with Crippen LogP contribution in [0.2, 0.25) is 0 Å². The van der Waals surface area contributed by atoms with E-state index in [-0.39, 0.29) is 35.7 Å². The predicted octanol–water partition coefficient (Wildman–Crippen LogP) is 3.77. The minimum Gasteiger partial charge on any atom is -0.368 e. The van der Waals surface area contributed by atoms with Gasteiger partial charge in [-0.2, -0.15) is 5.10 Å². The molecule has 2 aliphatic rings. The number of nitro benzene ring substituents is 1. The minimum atomic E-state index is -0.429. The molecule has 0 spiro atoms. The molecule has 1 amide bonds. The van der Waals surface area contributed by atoms with Gasteiger partial charge in [-0.1, -0.05) is 0 Å². The number of rotatable bonds is 5. The molecule has 5 rings (SSSR count). The van der Waals surface area contributed by atoms with E-state index in [2.05, 4.69) is 15.3 Å². The second-order valence-electron chi connectivity index (χ2n) is 8.91. The highest BCUT2D eigenvalue weighted by molar-refractivity contribution is 5.95. The molecule has 3 aromatic rings. The van der Waals surface area contributed by atoms with E-state index in [0.29, 0.717) is 37.4 Å². The number of amides is 1. The second-order valence-corrected chi connectivity index (χ2v) is 8.91. The van der Waals surface area contributed by atoms with Crippen molar-refractivity contribution >= 4 is 29.7 Å². The highest BCUT2D eigenvalue weighted by atomic mass is 35.5. The molecule has 2 saturated heterocycles. The van der Waals surface area contributed by atoms with Crippen LogP contribution >= 0.6 is 12.4 Å². The van der Waals surface area contributed by atoms with Crippen LogP contribution in [0.15, 0.2) is 54.7 Å². The number of nitrogens with one attached hydrogen (secondary N) is 1. The van der Waals surface area contributed by atoms with E-state index in [1.165, 1.54) is 24.3 Å². The number of benzene rings is 2. The molecule has 1 N–H and O–H groups in total. The van der Waals surface area contributed by atoms with Crippen molar-refractivity contribution in [2.24, 2.45) is 0 Å². The lowest BCUT2D eigenvalue weighted by Crippen LogP contribution is -2.49. The van der Waals surface area contributed by atoms with Crippen molar-refractivity contribution in [1.29, 1.82) is 0 Å². The first-order chi connectivity index (χ1) is 17.0. The van der Waals surface area contributed by atoms with Crippen LogP contribution in [0.4, 0.5) is 15.8 Å². The third-order valence-corrected chi connectivity index (χ3v) is 6.83. The van der Waals surface area contributed by atoms with Gasteiger partial charge in [0.15, 0.2) is 0 Å². The fraction of sp³-hybridized carbons (Fsp3) is 0.360. The number of piperazine rings is 1. The lowest BCUT2D eigenvalue weighted by atomic mass is 9.91. The second kappa shape index (κ2) is 11.0. The zero-order valence-corrected chi connectivity index (χ0v) is 20.5. The Morgan fingerprint density at radius 3 is 2.19 bits per heavy atom. The van der Waals surface area contributed by atoms with Crippen LogP contribution in [0.3, 0.4) is 0 Å². The van der Waals surface area contributed by atoms with Crippen molar-refractivity contribution in [1.82, 2.24) is 20.0 Å². The molecule has 1 aromatic heterocycles. The summed E-state index contributed by atoms with van der Waals surface area (Å²) in [5.41, 5.74) is 3.11. The van der Waals surface area contributed by atoms with Gasteiger partial charge >= 0.3 is 0 Å². The molecule has 2 fully saturated rings. The maximum Gasteiger partial charge on any atom is 0.269 e. The smallest absolute Gasteiger partial charge is 0.269 e. The van der Waals surface area contributed by atoms with E-state index in [0.717, 1.165) is 37.3 Å². The van der Waals surface area contributed by atoms with Crippen LogP contribution in [-0.2, 0) is 0 Å². The van der Waals surface area contributed by atoms with Crippen molar-refractivity contribution in [3.63, 3.8) is 0 Å². The summed E-state index contributed by atoms with van der Waals surface area (Å²) in [5, 5.41) is 19.0. The summed E-state index contributed by atoms with van der Waals surface area (Å²) in [7, 11) is 0. The van der Waals surface area contributed by atoms with E-state index in [1.54, 1.807) is 35.1 Å². The molecule has 9 nitrogen and oxygen atoms in total. The first kappa shape index (κ1) is 25.6. The lowest BCUT2D eigenvalue weighted by molar-refractivity contribution is -0.384. The summed E-state index contributed by atoms with van der Waals surface area (Å²) in [4.78, 5) is 28.3. The number of aromatic nitrogens is 2. The number of anilines is 1. The molecule has 0 saturated carbocycles. The van der Waals surface area contributed by atoms with Gasteiger partial charge in [0.2, 0.25) is 0 Å². The maximum absolute atomic E-state index is 13.6. The fourth-order valence-corrected chi connectivity index (χ4v) is 4.92. The Labute approximate surface area is 214 Å². The SMILES string of the molecule is Cl.O=C(c1cnn(-c2ccc([N+](=O)[O-])cc2)c1C1CCNCC1)N1CCN(c2ccc(F)cc2)CC1. The Balaban J connectivity index is 0.00000304. The normalized spacial score (nSPS) is 16.5. The van der Waals surface area contributed by atoms with E-state index in [1.807, 2.05) is 4.90 Å². The van der Waals surface area contributed by atoms with Crippen LogP contribution in [-0.4, -0.2) is 64.8 Å². The van der Waals surface area contributed by atoms with Crippen molar-refractivity contribution in [2.45, 2.75) is 18.8 Å². The number of carbonyl (C=O) groups is 1. The molecule has 2 aliphatic heterocycles. The summed E-state index contributed by atoms with van der Waals surface area (Å²) in [5.74, 6) is -0.156. The number of hydrogen-bond acceptors (Lipinski definition) is 6. The predicted molar refractivity (Wildman–Crippen MR) is 137 cm³/mol. The standard InChI is InChI=1S/C25H27FN6O3.ClH/c26-19-1-3-20(4-2-19)29-13-15-30(16-14-29)25(33)23-17-28-31(24(23)18-9-11-27-12-10-18)21-5-7-22(8-6-21)32(34)35;/h1-8,17-18,27H,9-16H2;1H. The van der Waals surface area contributed by atoms with Gasteiger partial charge in [0, 0.05) is 49.9 Å². The van der Waals surface area contributed by atoms with Gasteiger partial charge in [0.25, 0.3) is 11.6 Å². The van der Waals surface area contributed by atoms with Crippen LogP contribution in [0, 0.1) is 15.9 Å². The Morgan fingerprint density at radius 2 is 1.58 bits per heavy atom. The highest BCUT2D eigenvalue weighted by Crippen LogP contribution is 2.31. The van der Waals surface area contributed by atoms with Crippen LogP contribution in [0.25, 0.3) is 5.69 Å². The Hall–Kier alpha value is -3.50. The average molecular weight is 515 g/mol. The molecule has 0 atom stereocenters. The average Bonchev–Trinajstić information content (AvgIpc) is 3.34. The minimum absolute atomic E-state index is 0. The third-order valence-electron chi connectivity index (χ3n) is 6.83. The molecule has 0 radical (unpaired) electrons. The first-order valence-electron chi connectivity index (χ1n) is 11.8. The molecule has 0 aliphatic carbocycles. The van der Waals surface area contributed by atoms with Gasteiger partial charge in [-0.05, 0) is 62.3 Å². The molecular formula is C25H28ClFN6O3. The van der Waals surface area contributed by atoms with E-state index in [4.69, 9.17) is 0 Å². The van der Waals surface area contributed by atoms with Crippen LogP contribution < -0.4 is 10.2 Å². The topological polar surface area (TPSA) is 96.5 Å².